The summed E-state index contributed by atoms with van der Waals surface area (Å²) in [5, 5.41) is 6.55. The number of thiazole rings is 1. The molecule has 2 aliphatic rings. The number of carbonyl (C=O) groups excluding carboxylic acids is 4. The third kappa shape index (κ3) is 11.7. The molecule has 0 saturated heterocycles. The van der Waals surface area contributed by atoms with Crippen molar-refractivity contribution < 1.29 is 23.9 Å². The Morgan fingerprint density at radius 1 is 1.17 bits per heavy atom. The molecule has 0 aromatic carbocycles. The van der Waals surface area contributed by atoms with Gasteiger partial charge in [0.15, 0.2) is 5.12 Å². The van der Waals surface area contributed by atoms with Crippen molar-refractivity contribution in [3.05, 3.63) is 28.2 Å². The maximum absolute atomic E-state index is 13.2. The van der Waals surface area contributed by atoms with Crippen LogP contribution in [-0.2, 0) is 30.3 Å². The third-order valence-electron chi connectivity index (χ3n) is 6.87. The number of rotatable bonds is 12. The Labute approximate surface area is 256 Å². The first-order valence-corrected chi connectivity index (χ1v) is 17.6. The smallest absolute Gasteiger partial charge is 0.329 e. The molecule has 11 heteroatoms. The second kappa shape index (κ2) is 17.9. The lowest BCUT2D eigenvalue weighted by atomic mass is 10.0. The number of aromatic nitrogens is 1. The van der Waals surface area contributed by atoms with Crippen LogP contribution in [-0.4, -0.2) is 62.5 Å². The minimum Gasteiger partial charge on any atom is -0.456 e. The van der Waals surface area contributed by atoms with Gasteiger partial charge in [-0.15, -0.1) is 23.1 Å². The number of thioether (sulfide) groups is 2. The van der Waals surface area contributed by atoms with E-state index in [1.807, 2.05) is 25.3 Å². The Bertz CT molecular complexity index is 1100. The number of fused-ring (bicyclic) bond motifs is 4. The third-order valence-corrected chi connectivity index (χ3v) is 9.87. The van der Waals surface area contributed by atoms with E-state index in [-0.39, 0.29) is 29.1 Å². The van der Waals surface area contributed by atoms with Crippen LogP contribution in [0.4, 0.5) is 0 Å². The highest BCUT2D eigenvalue weighted by Crippen LogP contribution is 2.26. The highest BCUT2D eigenvalue weighted by atomic mass is 32.2. The summed E-state index contributed by atoms with van der Waals surface area (Å²) in [4.78, 5) is 60.3. The Kier molecular flexibility index (Phi) is 14.6. The molecular formula is C30H43N3O5S3. The van der Waals surface area contributed by atoms with Gasteiger partial charge in [0.25, 0.3) is 0 Å². The van der Waals surface area contributed by atoms with Crippen LogP contribution in [0.15, 0.2) is 22.5 Å². The van der Waals surface area contributed by atoms with Crippen LogP contribution in [0.3, 0.4) is 0 Å². The van der Waals surface area contributed by atoms with Crippen molar-refractivity contribution in [2.24, 2.45) is 10.9 Å². The summed E-state index contributed by atoms with van der Waals surface area (Å²) in [6, 6.07) is -1.44. The lowest BCUT2D eigenvalue weighted by Gasteiger charge is -2.24. The summed E-state index contributed by atoms with van der Waals surface area (Å²) in [5.41, 5.74) is 0.734. The molecule has 1 N–H and O–H groups in total. The number of amides is 1. The quantitative estimate of drug-likeness (QED) is 0.174. The molecule has 2 aliphatic heterocycles. The first-order valence-electron chi connectivity index (χ1n) is 14.8. The Morgan fingerprint density at radius 2 is 1.98 bits per heavy atom. The fraction of sp³-hybridized carbons (Fsp3) is 0.667. The van der Waals surface area contributed by atoms with Gasteiger partial charge in [-0.3, -0.25) is 19.4 Å². The monoisotopic (exact) mass is 621 g/mol. The molecule has 0 aliphatic carbocycles. The second-order valence-electron chi connectivity index (χ2n) is 10.8. The number of nitrogens with zero attached hydrogens (tertiary/aromatic N) is 2. The standard InChI is InChI=1S/C30H43N3O5S3/c1-4-5-6-7-10-13-26(35)39-16-11-8-9-12-22-17-21(34)14-15-25-31-24(19-40-25)29-32-23(18-41-29)28(36)33-27(20(2)3)30(37)38-22/h9,12,19-20,22-23,27H,4-8,10-11,13-18H2,1-3H3,(H,33,36)/b12-9+/t22?,23-,27-/m0/s1. The molecule has 41 heavy (non-hydrogen) atoms. The van der Waals surface area contributed by atoms with E-state index >= 15 is 0 Å². The highest BCUT2D eigenvalue weighted by molar-refractivity contribution is 8.14. The van der Waals surface area contributed by atoms with Crippen LogP contribution in [0.2, 0.25) is 0 Å². The van der Waals surface area contributed by atoms with Crippen molar-refractivity contribution in [2.45, 2.75) is 110 Å². The maximum Gasteiger partial charge on any atom is 0.329 e. The van der Waals surface area contributed by atoms with Crippen LogP contribution < -0.4 is 5.32 Å². The predicted octanol–water partition coefficient (Wildman–Crippen LogP) is 5.92. The van der Waals surface area contributed by atoms with Gasteiger partial charge >= 0.3 is 5.97 Å². The normalized spacial score (nSPS) is 22.2. The van der Waals surface area contributed by atoms with E-state index in [4.69, 9.17) is 4.74 Å². The molecule has 1 aromatic rings. The Morgan fingerprint density at radius 3 is 2.76 bits per heavy atom. The molecule has 3 atom stereocenters. The summed E-state index contributed by atoms with van der Waals surface area (Å²) < 4.78 is 5.79. The SMILES string of the molecule is CCCCCCCC(=O)SCCC/C=C/C1CC(=O)CCc2nc(cs2)C2=N[C@@H](CS2)C(=O)N[C@@H](C(C)C)C(=O)O1. The Hall–Kier alpha value is -1.98. The summed E-state index contributed by atoms with van der Waals surface area (Å²) in [7, 11) is 0. The van der Waals surface area contributed by atoms with E-state index in [2.05, 4.69) is 22.2 Å². The summed E-state index contributed by atoms with van der Waals surface area (Å²) in [6.45, 7) is 5.87. The van der Waals surface area contributed by atoms with Gasteiger partial charge in [0.1, 0.15) is 34.7 Å². The van der Waals surface area contributed by atoms with Crippen LogP contribution in [0, 0.1) is 5.92 Å². The van der Waals surface area contributed by atoms with Crippen molar-refractivity contribution in [2.75, 3.05) is 11.5 Å². The topological polar surface area (TPSA) is 115 Å². The summed E-state index contributed by atoms with van der Waals surface area (Å²) >= 11 is 4.34. The van der Waals surface area contributed by atoms with Gasteiger partial charge in [0, 0.05) is 42.6 Å². The van der Waals surface area contributed by atoms with Crippen molar-refractivity contribution >= 4 is 62.7 Å². The van der Waals surface area contributed by atoms with E-state index in [1.54, 1.807) is 6.08 Å². The van der Waals surface area contributed by atoms with Gasteiger partial charge in [-0.05, 0) is 31.3 Å². The average Bonchev–Trinajstić information content (AvgIpc) is 3.61. The number of Topliss-reactive ketones (excluding diaryl/α,β-unsaturated/α-hetero) is 1. The van der Waals surface area contributed by atoms with Crippen molar-refractivity contribution in [3.63, 3.8) is 0 Å². The van der Waals surface area contributed by atoms with Crippen molar-refractivity contribution in [1.29, 1.82) is 0 Å². The first kappa shape index (κ1) is 33.5. The van der Waals surface area contributed by atoms with Crippen LogP contribution >= 0.6 is 34.9 Å². The molecule has 3 heterocycles. The number of ether oxygens (including phenoxy) is 1. The van der Waals surface area contributed by atoms with Crippen LogP contribution in [0.5, 0.6) is 0 Å². The number of allylic oxidation sites excluding steroid dienone is 1. The number of unbranched alkanes of at least 4 members (excludes halogenated alkanes) is 5. The molecule has 1 aromatic heterocycles. The van der Waals surface area contributed by atoms with E-state index in [9.17, 15) is 19.2 Å². The molecule has 1 amide bonds. The van der Waals surface area contributed by atoms with Gasteiger partial charge in [-0.1, -0.05) is 64.3 Å². The molecule has 3 rings (SSSR count). The van der Waals surface area contributed by atoms with Crippen molar-refractivity contribution in [3.8, 4) is 0 Å². The van der Waals surface area contributed by atoms with E-state index in [1.165, 1.54) is 54.1 Å². The van der Waals surface area contributed by atoms with Crippen LogP contribution in [0.25, 0.3) is 0 Å². The lowest BCUT2D eigenvalue weighted by Crippen LogP contribution is -2.49. The summed E-state index contributed by atoms with van der Waals surface area (Å²) in [6.07, 6.45) is 11.7. The average molecular weight is 622 g/mol. The predicted molar refractivity (Wildman–Crippen MR) is 169 cm³/mol. The van der Waals surface area contributed by atoms with E-state index in [0.717, 1.165) is 35.7 Å². The zero-order chi connectivity index (χ0) is 29.6. The Balaban J connectivity index is 1.58. The molecule has 4 bridgehead atoms. The van der Waals surface area contributed by atoms with Gasteiger partial charge in [0.05, 0.1) is 5.01 Å². The summed E-state index contributed by atoms with van der Waals surface area (Å²) in [5.74, 6) is 0.130. The van der Waals surface area contributed by atoms with E-state index < -0.39 is 24.2 Å². The lowest BCUT2D eigenvalue weighted by molar-refractivity contribution is -0.153. The molecular weight excluding hydrogens is 579 g/mol. The largest absolute Gasteiger partial charge is 0.456 e. The highest BCUT2D eigenvalue weighted by Gasteiger charge is 2.33. The van der Waals surface area contributed by atoms with Crippen molar-refractivity contribution in [1.82, 2.24) is 10.3 Å². The number of ketones is 1. The molecule has 0 saturated carbocycles. The fourth-order valence-electron chi connectivity index (χ4n) is 4.44. The number of aliphatic imine (C=N–C) groups is 1. The molecule has 0 spiro atoms. The first-order chi connectivity index (χ1) is 19.8. The minimum absolute atomic E-state index is 0.0193. The number of carbonyl (C=O) groups is 4. The minimum atomic E-state index is -0.846. The maximum atomic E-state index is 13.2. The molecule has 0 fully saturated rings. The van der Waals surface area contributed by atoms with E-state index in [0.29, 0.717) is 36.5 Å². The number of hydrogen-bond donors (Lipinski definition) is 1. The number of cyclic esters (lactones) is 1. The second-order valence-corrected chi connectivity index (χ2v) is 13.9. The number of nitrogens with one attached hydrogen (secondary N) is 1. The molecule has 226 valence electrons. The van der Waals surface area contributed by atoms with Crippen LogP contribution in [0.1, 0.15) is 95.7 Å². The van der Waals surface area contributed by atoms with Gasteiger partial charge < -0.3 is 10.1 Å². The zero-order valence-electron chi connectivity index (χ0n) is 24.4. The fourth-order valence-corrected chi connectivity index (χ4v) is 7.12. The number of aryl methyl sites for hydroxylation is 1. The molecule has 1 unspecified atom stereocenters. The van der Waals surface area contributed by atoms with Gasteiger partial charge in [-0.2, -0.15) is 0 Å². The molecule has 8 nitrogen and oxygen atoms in total. The van der Waals surface area contributed by atoms with Gasteiger partial charge in [0.2, 0.25) is 5.91 Å². The number of esters is 1. The number of hydrogen-bond acceptors (Lipinski definition) is 10. The van der Waals surface area contributed by atoms with Gasteiger partial charge in [-0.25, -0.2) is 9.78 Å². The molecule has 0 radical (unpaired) electrons. The zero-order valence-corrected chi connectivity index (χ0v) is 26.8.